The third-order valence-electron chi connectivity index (χ3n) is 27.0. The van der Waals surface area contributed by atoms with Gasteiger partial charge in [-0.3, -0.25) is 57.5 Å². The summed E-state index contributed by atoms with van der Waals surface area (Å²) in [5, 5.41) is 0. The predicted octanol–water partition coefficient (Wildman–Crippen LogP) is 16.4. The topological polar surface area (TPSA) is 244 Å². The largest absolute Gasteiger partial charge is 0.344 e. The molecule has 5 aliphatic rings. The van der Waals surface area contributed by atoms with Crippen LogP contribution in [0.2, 0.25) is 0 Å². The molecule has 3 unspecified atom stereocenters. The van der Waals surface area contributed by atoms with Crippen molar-refractivity contribution in [3.63, 3.8) is 0 Å². The molecule has 6 amide bonds. The van der Waals surface area contributed by atoms with Gasteiger partial charge in [0.15, 0.2) is 5.78 Å². The Kier molecular flexibility index (Phi) is 47.6. The van der Waals surface area contributed by atoms with Crippen molar-refractivity contribution in [3.05, 3.63) is 189 Å². The molecule has 24 nitrogen and oxygen atoms in total. The van der Waals surface area contributed by atoms with Crippen LogP contribution in [0.3, 0.4) is 0 Å². The summed E-state index contributed by atoms with van der Waals surface area (Å²) in [7, 11) is 25.1. The molecule has 10 rings (SSSR count). The zero-order valence-corrected chi connectivity index (χ0v) is 91.4. The van der Waals surface area contributed by atoms with Gasteiger partial charge >= 0.3 is 0 Å². The first-order valence-corrected chi connectivity index (χ1v) is 50.6. The number of ketones is 6. The number of amides is 6. The minimum atomic E-state index is -0.448. The third kappa shape index (κ3) is 39.3. The molecule has 0 spiro atoms. The highest BCUT2D eigenvalue weighted by Crippen LogP contribution is 2.51. The fraction of sp³-hybridized carbons (Fsp3) is 0.617. The minimum Gasteiger partial charge on any atom is -0.344 e. The fourth-order valence-corrected chi connectivity index (χ4v) is 16.9. The van der Waals surface area contributed by atoms with E-state index in [-0.39, 0.29) is 106 Å². The molecule has 5 aromatic rings. The Balaban J connectivity index is 0.000000294. The third-order valence-corrected chi connectivity index (χ3v) is 27.0. The molecule has 0 N–H and O–H groups in total. The number of likely N-dealkylation sites (tertiary alicyclic amines) is 3. The molecule has 0 aromatic heterocycles. The summed E-state index contributed by atoms with van der Waals surface area (Å²) in [5.74, 6) is 1.30. The van der Waals surface area contributed by atoms with Crippen LogP contribution in [0.5, 0.6) is 0 Å². The molecule has 3 saturated heterocycles. The van der Waals surface area contributed by atoms with E-state index in [0.717, 1.165) is 126 Å². The fourth-order valence-electron chi connectivity index (χ4n) is 16.9. The summed E-state index contributed by atoms with van der Waals surface area (Å²) in [6, 6.07) is 37.7. The number of Topliss-reactive ketones (excluding diaryl/α,β-unsaturated/α-hetero) is 6. The van der Waals surface area contributed by atoms with E-state index in [1.54, 1.807) is 44.7 Å². The van der Waals surface area contributed by atoms with Gasteiger partial charge in [-0.25, -0.2) is 0 Å². The van der Waals surface area contributed by atoms with Gasteiger partial charge in [0.2, 0.25) is 11.8 Å². The first-order valence-electron chi connectivity index (χ1n) is 50.6. The lowest BCUT2D eigenvalue weighted by Crippen LogP contribution is -2.45. The first-order chi connectivity index (χ1) is 64.6. The predicted molar refractivity (Wildman–Crippen MR) is 565 cm³/mol. The molecule has 770 valence electrons. The van der Waals surface area contributed by atoms with Crippen LogP contribution >= 0.6 is 0 Å². The molecule has 4 fully saturated rings. The van der Waals surface area contributed by atoms with Crippen molar-refractivity contribution in [2.24, 2.45) is 56.2 Å². The molecule has 2 bridgehead atoms. The Morgan fingerprint density at radius 2 is 0.597 bits per heavy atom. The minimum absolute atomic E-state index is 0.00602. The van der Waals surface area contributed by atoms with Gasteiger partial charge in [-0.2, -0.15) is 0 Å². The Hall–Kier alpha value is -9.56. The average molecular weight is 1920 g/mol. The normalized spacial score (nSPS) is 17.2. The maximum atomic E-state index is 12.9. The van der Waals surface area contributed by atoms with Crippen molar-refractivity contribution in [3.8, 4) is 0 Å². The van der Waals surface area contributed by atoms with Crippen molar-refractivity contribution in [1.82, 2.24) is 58.8 Å². The summed E-state index contributed by atoms with van der Waals surface area (Å²) >= 11 is 0. The number of likely N-dealkylation sites (N-methyl/N-ethyl adjacent to an activating group) is 10. The lowest BCUT2D eigenvalue weighted by molar-refractivity contribution is -0.143. The maximum absolute atomic E-state index is 12.9. The number of hydrogen-bond acceptors (Lipinski definition) is 18. The van der Waals surface area contributed by atoms with Gasteiger partial charge in [0, 0.05) is 212 Å². The quantitative estimate of drug-likeness (QED) is 0.0274. The van der Waals surface area contributed by atoms with Gasteiger partial charge in [0.05, 0.1) is 12.3 Å². The number of allylic oxidation sites excluding steroid dienone is 2. The highest BCUT2D eigenvalue weighted by Gasteiger charge is 2.54. The number of nitrogens with zero attached hydrogens (tertiary/aromatic N) is 12. The zero-order valence-electron chi connectivity index (χ0n) is 91.4. The number of rotatable bonds is 34. The summed E-state index contributed by atoms with van der Waals surface area (Å²) in [6.45, 7) is 48.8. The van der Waals surface area contributed by atoms with Crippen molar-refractivity contribution in [2.45, 2.75) is 214 Å². The lowest BCUT2D eigenvalue weighted by atomic mass is 9.72. The van der Waals surface area contributed by atoms with E-state index >= 15 is 0 Å². The van der Waals surface area contributed by atoms with Crippen molar-refractivity contribution in [2.75, 3.05) is 196 Å². The Labute approximate surface area is 837 Å². The molecule has 24 heteroatoms. The molecule has 5 aromatic carbocycles. The molecule has 139 heavy (non-hydrogen) atoms. The first kappa shape index (κ1) is 120. The number of benzene rings is 5. The van der Waals surface area contributed by atoms with Crippen molar-refractivity contribution >= 4 is 70.1 Å². The molecule has 3 heterocycles. The number of carbonyl (C=O) groups is 12. The summed E-state index contributed by atoms with van der Waals surface area (Å²) in [5.41, 5.74) is 4.94. The molecule has 5 atom stereocenters. The maximum Gasteiger partial charge on any atom is 0.253 e. The molecule has 2 aliphatic carbocycles. The number of piperidine rings is 1. The van der Waals surface area contributed by atoms with E-state index in [0.29, 0.717) is 79.2 Å². The van der Waals surface area contributed by atoms with Gasteiger partial charge in [-0.15, -0.1) is 0 Å². The highest BCUT2D eigenvalue weighted by atomic mass is 16.2. The van der Waals surface area contributed by atoms with E-state index in [2.05, 4.69) is 38.8 Å². The van der Waals surface area contributed by atoms with E-state index in [1.165, 1.54) is 38.5 Å². The van der Waals surface area contributed by atoms with Crippen molar-refractivity contribution in [1.29, 1.82) is 0 Å². The van der Waals surface area contributed by atoms with Crippen LogP contribution < -0.4 is 0 Å². The van der Waals surface area contributed by atoms with Crippen molar-refractivity contribution < 1.29 is 57.5 Å². The molecule has 0 radical (unpaired) electrons. The van der Waals surface area contributed by atoms with Gasteiger partial charge in [-0.05, 0) is 191 Å². The van der Waals surface area contributed by atoms with Crippen LogP contribution in [0.1, 0.15) is 256 Å². The smallest absolute Gasteiger partial charge is 0.253 e. The summed E-state index contributed by atoms with van der Waals surface area (Å²) in [4.78, 5) is 175. The second-order valence-corrected chi connectivity index (χ2v) is 46.1. The van der Waals surface area contributed by atoms with Gasteiger partial charge in [-0.1, -0.05) is 240 Å². The van der Waals surface area contributed by atoms with Crippen LogP contribution in [0.15, 0.2) is 133 Å². The van der Waals surface area contributed by atoms with E-state index in [4.69, 9.17) is 0 Å². The van der Waals surface area contributed by atoms with E-state index in [1.807, 2.05) is 325 Å². The van der Waals surface area contributed by atoms with Crippen LogP contribution in [-0.4, -0.2) is 331 Å². The molecule has 1 saturated carbocycles. The zero-order chi connectivity index (χ0) is 105. The Bertz CT molecular complexity index is 4880. The van der Waals surface area contributed by atoms with Gasteiger partial charge in [0.1, 0.15) is 28.9 Å². The van der Waals surface area contributed by atoms with Crippen LogP contribution in [-0.2, 0) is 65.7 Å². The molecular formula is C115H178N12O12. The van der Waals surface area contributed by atoms with Gasteiger partial charge < -0.3 is 58.8 Å². The second-order valence-electron chi connectivity index (χ2n) is 46.1. The number of carbonyl (C=O) groups excluding carboxylic acids is 12. The summed E-state index contributed by atoms with van der Waals surface area (Å²) in [6.07, 6.45) is 15.5. The number of hydrogen-bond donors (Lipinski definition) is 0. The van der Waals surface area contributed by atoms with Crippen LogP contribution in [0, 0.1) is 56.2 Å². The van der Waals surface area contributed by atoms with E-state index < -0.39 is 27.1 Å². The second kappa shape index (κ2) is 55.2. The molecule has 3 aliphatic heterocycles. The van der Waals surface area contributed by atoms with Crippen LogP contribution in [0.4, 0.5) is 0 Å². The summed E-state index contributed by atoms with van der Waals surface area (Å²) < 4.78 is 0. The number of fused-ring (bicyclic) bond motifs is 2. The highest BCUT2D eigenvalue weighted by molar-refractivity contribution is 6.03. The van der Waals surface area contributed by atoms with E-state index in [9.17, 15) is 57.5 Å². The standard InChI is InChI=1S/C21H32N2O2.2C20H30N2O2.C18H30N2O2.2C18H28N2O2/c1-21(2,3)19(24)16-17-10-6-7-11-18(17)20(25)22(4)14-15-23-12-8-5-9-13-23;1-20(2,3)18(23)13-15-9-6-7-11-17(15)19(24)22(5)14-16-10-8-12-21(16)4;1-20(2,3)18(23)15-16-9-5-6-10-17(16)19(24)21(4)13-14-22-11-7-8-12-22;1-18(2,3)16(21)14-12-7-8-13(11-12)15(14)17(22)20(6)10-9-19(4)5;1-18(2,3)17(22)15-10-8-7-9-14(15)13-16(21)20(6)12-11-19(4)5;1-18(2,3)16(21)13-14-9-7-8-10-15(14)17(22)20(6)12-11-19(4)5/h6-7,10-11H,5,8-9,12-16H2,1-4H3;6-7,9,11,16H,8,10,12-14H2,1-5H3;5-6,9-10H,7-8,11-15H2,1-4H3;7-8,12-15H,9-11H2,1-6H3;2*7-10H,11-13H2,1-6H3/t;;;12?,13?,14-,15+;;/m...0../s1. The Morgan fingerprint density at radius 3 is 0.914 bits per heavy atom. The monoisotopic (exact) mass is 1920 g/mol. The lowest BCUT2D eigenvalue weighted by Gasteiger charge is -2.33. The molecular weight excluding hydrogens is 1740 g/mol. The SMILES string of the molecule is CN(C)CCN(C)C(=O)Cc1ccccc1C(=O)C(C)(C)C.CN(C)CCN(C)C(=O)[C@@H]1C2C=CC(C2)[C@@H]1C(=O)C(C)(C)C.CN(C)CCN(C)C(=O)c1ccccc1CC(=O)C(C)(C)C.CN(CC1CCCN1C)C(=O)c1ccccc1CC(=O)C(C)(C)C.CN(CCN1CCCC1)C(=O)c1ccccc1CC(=O)C(C)(C)C.CN(CCN1CCCCC1)C(=O)c1ccccc1CC(=O)C(C)(C)C. The Morgan fingerprint density at radius 1 is 0.302 bits per heavy atom. The van der Waals surface area contributed by atoms with Crippen LogP contribution in [0.25, 0.3) is 0 Å². The average Bonchev–Trinajstić information content (AvgIpc) is 1.60. The van der Waals surface area contributed by atoms with Gasteiger partial charge in [0.25, 0.3) is 23.6 Å².